The van der Waals surface area contributed by atoms with Gasteiger partial charge in [0, 0.05) is 44.9 Å². The zero-order valence-corrected chi connectivity index (χ0v) is 13.8. The molecule has 0 radical (unpaired) electrons. The molecular weight excluding hydrogens is 296 g/mol. The molecule has 0 aromatic carbocycles. The minimum atomic E-state index is 0.00264. The van der Waals surface area contributed by atoms with Gasteiger partial charge in [-0.2, -0.15) is 5.10 Å². The number of likely N-dealkylation sites (tertiary alicyclic amines) is 1. The van der Waals surface area contributed by atoms with E-state index in [-0.39, 0.29) is 5.91 Å². The molecule has 2 fully saturated rings. The molecular formula is C16H26N4O3. The van der Waals surface area contributed by atoms with Crippen LogP contribution in [-0.4, -0.2) is 85.6 Å². The molecule has 3 heterocycles. The number of rotatable bonds is 5. The highest BCUT2D eigenvalue weighted by Gasteiger charge is 2.25. The van der Waals surface area contributed by atoms with Crippen LogP contribution in [0.2, 0.25) is 0 Å². The fourth-order valence-electron chi connectivity index (χ4n) is 3.32. The van der Waals surface area contributed by atoms with Crippen LogP contribution in [0, 0.1) is 0 Å². The lowest BCUT2D eigenvalue weighted by atomic mass is 9.94. The second-order valence-corrected chi connectivity index (χ2v) is 6.25. The Balaban J connectivity index is 1.60. The van der Waals surface area contributed by atoms with Gasteiger partial charge in [-0.05, 0) is 25.5 Å². The summed E-state index contributed by atoms with van der Waals surface area (Å²) in [5.74, 6) is 0.419. The van der Waals surface area contributed by atoms with Crippen molar-refractivity contribution in [3.05, 3.63) is 17.5 Å². The summed E-state index contributed by atoms with van der Waals surface area (Å²) in [6.07, 6.45) is 2.30. The third-order valence-corrected chi connectivity index (χ3v) is 4.67. The first-order valence-electron chi connectivity index (χ1n) is 8.41. The Bertz CT molecular complexity index is 513. The van der Waals surface area contributed by atoms with Crippen molar-refractivity contribution >= 4 is 5.91 Å². The van der Waals surface area contributed by atoms with Gasteiger partial charge in [-0.3, -0.25) is 9.89 Å². The number of nitrogens with one attached hydrogen (secondary N) is 1. The van der Waals surface area contributed by atoms with Crippen LogP contribution in [0.15, 0.2) is 6.07 Å². The molecule has 1 N–H and O–H groups in total. The SMILES string of the molecule is COCCN1CCCC(c2cc(C(=O)N3CCOCC3)n[nH]2)C1. The van der Waals surface area contributed by atoms with Crippen molar-refractivity contribution in [2.24, 2.45) is 0 Å². The average Bonchev–Trinajstić information content (AvgIpc) is 3.10. The quantitative estimate of drug-likeness (QED) is 0.864. The van der Waals surface area contributed by atoms with Crippen LogP contribution >= 0.6 is 0 Å². The Morgan fingerprint density at radius 1 is 1.43 bits per heavy atom. The highest BCUT2D eigenvalue weighted by Crippen LogP contribution is 2.26. The highest BCUT2D eigenvalue weighted by atomic mass is 16.5. The summed E-state index contributed by atoms with van der Waals surface area (Å²) in [6.45, 7) is 6.35. The number of carbonyl (C=O) groups excluding carboxylic acids is 1. The van der Waals surface area contributed by atoms with Crippen molar-refractivity contribution in [2.45, 2.75) is 18.8 Å². The smallest absolute Gasteiger partial charge is 0.274 e. The van der Waals surface area contributed by atoms with E-state index < -0.39 is 0 Å². The standard InChI is InChI=1S/C16H26N4O3/c1-22-8-5-19-4-2-3-13(12-19)14-11-15(18-17-14)16(21)20-6-9-23-10-7-20/h11,13H,2-10,12H2,1H3,(H,17,18). The van der Waals surface area contributed by atoms with Gasteiger partial charge in [0.05, 0.1) is 19.8 Å². The number of aromatic nitrogens is 2. The van der Waals surface area contributed by atoms with Gasteiger partial charge < -0.3 is 19.3 Å². The molecule has 0 spiro atoms. The number of H-pyrrole nitrogens is 1. The Kier molecular flexibility index (Phi) is 5.64. The predicted octanol–water partition coefficient (Wildman–Crippen LogP) is 0.708. The molecule has 0 aliphatic carbocycles. The number of piperidine rings is 1. The topological polar surface area (TPSA) is 70.7 Å². The summed E-state index contributed by atoms with van der Waals surface area (Å²) in [4.78, 5) is 16.7. The van der Waals surface area contributed by atoms with Crippen LogP contribution in [0.5, 0.6) is 0 Å². The Labute approximate surface area is 136 Å². The maximum atomic E-state index is 12.5. The van der Waals surface area contributed by atoms with Crippen molar-refractivity contribution in [1.29, 1.82) is 0 Å². The van der Waals surface area contributed by atoms with Gasteiger partial charge in [0.15, 0.2) is 0 Å². The minimum absolute atomic E-state index is 0.00264. The van der Waals surface area contributed by atoms with Crippen molar-refractivity contribution in [3.63, 3.8) is 0 Å². The molecule has 1 aromatic rings. The molecule has 0 bridgehead atoms. The van der Waals surface area contributed by atoms with E-state index in [2.05, 4.69) is 15.1 Å². The van der Waals surface area contributed by atoms with Crippen LogP contribution in [0.3, 0.4) is 0 Å². The average molecular weight is 322 g/mol. The first-order chi connectivity index (χ1) is 11.3. The van der Waals surface area contributed by atoms with Gasteiger partial charge >= 0.3 is 0 Å². The maximum absolute atomic E-state index is 12.5. The van der Waals surface area contributed by atoms with E-state index >= 15 is 0 Å². The summed E-state index contributed by atoms with van der Waals surface area (Å²) in [7, 11) is 1.74. The van der Waals surface area contributed by atoms with Gasteiger partial charge in [-0.15, -0.1) is 0 Å². The van der Waals surface area contributed by atoms with Crippen LogP contribution < -0.4 is 0 Å². The molecule has 2 aliphatic rings. The van der Waals surface area contributed by atoms with Gasteiger partial charge in [-0.25, -0.2) is 0 Å². The summed E-state index contributed by atoms with van der Waals surface area (Å²) in [5.41, 5.74) is 1.60. The largest absolute Gasteiger partial charge is 0.383 e. The fourth-order valence-corrected chi connectivity index (χ4v) is 3.32. The molecule has 3 rings (SSSR count). The van der Waals surface area contributed by atoms with E-state index in [0.29, 0.717) is 37.9 Å². The van der Waals surface area contributed by atoms with Crippen molar-refractivity contribution in [2.75, 3.05) is 59.7 Å². The molecule has 7 heteroatoms. The Hall–Kier alpha value is -1.44. The Morgan fingerprint density at radius 3 is 3.04 bits per heavy atom. The zero-order chi connectivity index (χ0) is 16.1. The first-order valence-corrected chi connectivity index (χ1v) is 8.41. The van der Waals surface area contributed by atoms with Gasteiger partial charge in [0.1, 0.15) is 5.69 Å². The van der Waals surface area contributed by atoms with E-state index in [0.717, 1.165) is 38.4 Å². The number of hydrogen-bond acceptors (Lipinski definition) is 5. The summed E-state index contributed by atoms with van der Waals surface area (Å²) in [5, 5.41) is 7.34. The van der Waals surface area contributed by atoms with Crippen molar-refractivity contribution < 1.29 is 14.3 Å². The number of methoxy groups -OCH3 is 1. The summed E-state index contributed by atoms with van der Waals surface area (Å²) < 4.78 is 10.5. The monoisotopic (exact) mass is 322 g/mol. The molecule has 128 valence electrons. The number of ether oxygens (including phenoxy) is 2. The third kappa shape index (κ3) is 4.10. The van der Waals surface area contributed by atoms with Crippen LogP contribution in [0.1, 0.15) is 34.9 Å². The molecule has 23 heavy (non-hydrogen) atoms. The predicted molar refractivity (Wildman–Crippen MR) is 85.6 cm³/mol. The summed E-state index contributed by atoms with van der Waals surface area (Å²) >= 11 is 0. The number of amides is 1. The normalized spacial score (nSPS) is 23.2. The van der Waals surface area contributed by atoms with E-state index in [9.17, 15) is 4.79 Å². The van der Waals surface area contributed by atoms with Crippen molar-refractivity contribution in [1.82, 2.24) is 20.0 Å². The molecule has 2 saturated heterocycles. The molecule has 2 aliphatic heterocycles. The second-order valence-electron chi connectivity index (χ2n) is 6.25. The lowest BCUT2D eigenvalue weighted by Gasteiger charge is -2.31. The van der Waals surface area contributed by atoms with Crippen LogP contribution in [-0.2, 0) is 9.47 Å². The van der Waals surface area contributed by atoms with Gasteiger partial charge in [-0.1, -0.05) is 0 Å². The number of hydrogen-bond donors (Lipinski definition) is 1. The third-order valence-electron chi connectivity index (χ3n) is 4.67. The molecule has 1 atom stereocenters. The van der Waals surface area contributed by atoms with E-state index in [1.165, 1.54) is 6.42 Å². The summed E-state index contributed by atoms with van der Waals surface area (Å²) in [6, 6.07) is 1.93. The maximum Gasteiger partial charge on any atom is 0.274 e. The molecule has 1 unspecified atom stereocenters. The van der Waals surface area contributed by atoms with E-state index in [1.54, 1.807) is 7.11 Å². The molecule has 7 nitrogen and oxygen atoms in total. The van der Waals surface area contributed by atoms with Crippen LogP contribution in [0.25, 0.3) is 0 Å². The fraction of sp³-hybridized carbons (Fsp3) is 0.750. The van der Waals surface area contributed by atoms with Crippen molar-refractivity contribution in [3.8, 4) is 0 Å². The number of carbonyl (C=O) groups is 1. The molecule has 1 aromatic heterocycles. The minimum Gasteiger partial charge on any atom is -0.383 e. The van der Waals surface area contributed by atoms with Crippen LogP contribution in [0.4, 0.5) is 0 Å². The molecule has 0 saturated carbocycles. The van der Waals surface area contributed by atoms with E-state index in [1.807, 2.05) is 11.0 Å². The van der Waals surface area contributed by atoms with E-state index in [4.69, 9.17) is 9.47 Å². The molecule has 1 amide bonds. The van der Waals surface area contributed by atoms with Gasteiger partial charge in [0.2, 0.25) is 0 Å². The lowest BCUT2D eigenvalue weighted by molar-refractivity contribution is 0.0299. The second kappa shape index (κ2) is 7.90. The first kappa shape index (κ1) is 16.4. The highest BCUT2D eigenvalue weighted by molar-refractivity contribution is 5.92. The zero-order valence-electron chi connectivity index (χ0n) is 13.8. The Morgan fingerprint density at radius 2 is 2.26 bits per heavy atom. The number of morpholine rings is 1. The number of nitrogens with zero attached hydrogens (tertiary/aromatic N) is 3. The lowest BCUT2D eigenvalue weighted by Crippen LogP contribution is -2.40. The number of aromatic amines is 1. The van der Waals surface area contributed by atoms with Gasteiger partial charge in [0.25, 0.3) is 5.91 Å².